The van der Waals surface area contributed by atoms with E-state index in [2.05, 4.69) is 28.2 Å². The van der Waals surface area contributed by atoms with E-state index in [-0.39, 0.29) is 24.4 Å². The van der Waals surface area contributed by atoms with E-state index in [1.807, 2.05) is 62.5 Å². The van der Waals surface area contributed by atoms with Gasteiger partial charge in [-0.05, 0) is 42.3 Å². The summed E-state index contributed by atoms with van der Waals surface area (Å²) in [6, 6.07) is 20.7. The molecule has 2 amide bonds. The number of para-hydroxylation sites is 1. The Morgan fingerprint density at radius 2 is 1.78 bits per heavy atom. The van der Waals surface area contributed by atoms with Crippen LogP contribution in [0.4, 0.5) is 5.69 Å². The molecule has 0 spiro atoms. The van der Waals surface area contributed by atoms with Gasteiger partial charge in [-0.15, -0.1) is 0 Å². The predicted molar refractivity (Wildman–Crippen MR) is 127 cm³/mol. The second kappa shape index (κ2) is 7.84. The Balaban J connectivity index is 1.52. The van der Waals surface area contributed by atoms with Gasteiger partial charge in [0.2, 0.25) is 5.91 Å². The van der Waals surface area contributed by atoms with Crippen LogP contribution < -0.4 is 5.32 Å². The summed E-state index contributed by atoms with van der Waals surface area (Å²) in [4.78, 5) is 27.9. The van der Waals surface area contributed by atoms with E-state index < -0.39 is 0 Å². The lowest BCUT2D eigenvalue weighted by atomic mass is 9.97. The normalized spacial score (nSPS) is 15.3. The van der Waals surface area contributed by atoms with Gasteiger partial charge in [-0.2, -0.15) is 0 Å². The Labute approximate surface area is 191 Å². The number of hydrogen-bond donors (Lipinski definition) is 1. The second-order valence-electron chi connectivity index (χ2n) is 8.15. The van der Waals surface area contributed by atoms with Crippen LogP contribution in [0.25, 0.3) is 10.9 Å². The van der Waals surface area contributed by atoms with E-state index in [0.717, 1.165) is 27.6 Å². The van der Waals surface area contributed by atoms with Crippen molar-refractivity contribution in [1.29, 1.82) is 0 Å². The molecule has 6 heteroatoms. The lowest BCUT2D eigenvalue weighted by Crippen LogP contribution is -2.36. The number of carbonyl (C=O) groups excluding carboxylic acids is 2. The zero-order valence-electron chi connectivity index (χ0n) is 17.8. The van der Waals surface area contributed by atoms with E-state index in [4.69, 9.17) is 11.6 Å². The number of anilines is 1. The highest BCUT2D eigenvalue weighted by atomic mass is 35.5. The van der Waals surface area contributed by atoms with Crippen molar-refractivity contribution in [2.75, 3.05) is 11.9 Å². The Hall–Kier alpha value is -3.57. The minimum Gasteiger partial charge on any atom is -0.350 e. The van der Waals surface area contributed by atoms with Crippen LogP contribution in [0.2, 0.25) is 5.02 Å². The fourth-order valence-corrected chi connectivity index (χ4v) is 4.67. The first-order valence-electron chi connectivity index (χ1n) is 10.4. The fourth-order valence-electron chi connectivity index (χ4n) is 4.49. The van der Waals surface area contributed by atoms with Gasteiger partial charge in [-0.25, -0.2) is 0 Å². The summed E-state index contributed by atoms with van der Waals surface area (Å²) in [7, 11) is 1.99. The summed E-state index contributed by atoms with van der Waals surface area (Å²) in [6.45, 7) is 1.84. The van der Waals surface area contributed by atoms with Crippen molar-refractivity contribution in [2.45, 2.75) is 13.0 Å². The maximum Gasteiger partial charge on any atom is 0.255 e. The highest BCUT2D eigenvalue weighted by molar-refractivity contribution is 6.31. The van der Waals surface area contributed by atoms with E-state index >= 15 is 0 Å². The molecule has 0 fully saturated rings. The third-order valence-electron chi connectivity index (χ3n) is 6.05. The fraction of sp³-hybridized carbons (Fsp3) is 0.154. The molecule has 3 aromatic carbocycles. The summed E-state index contributed by atoms with van der Waals surface area (Å²) in [5.74, 6) is -0.410. The molecule has 160 valence electrons. The molecule has 0 radical (unpaired) electrons. The number of hydrogen-bond acceptors (Lipinski definition) is 2. The summed E-state index contributed by atoms with van der Waals surface area (Å²) < 4.78 is 2.06. The van der Waals surface area contributed by atoms with Crippen molar-refractivity contribution in [3.8, 4) is 0 Å². The molecule has 32 heavy (non-hydrogen) atoms. The second-order valence-corrected chi connectivity index (χ2v) is 8.55. The number of carbonyl (C=O) groups is 2. The zero-order valence-corrected chi connectivity index (χ0v) is 18.6. The van der Waals surface area contributed by atoms with Crippen molar-refractivity contribution in [2.24, 2.45) is 7.05 Å². The number of rotatable bonds is 4. The molecule has 1 N–H and O–H groups in total. The minimum absolute atomic E-state index is 0.0626. The van der Waals surface area contributed by atoms with Gasteiger partial charge in [-0.1, -0.05) is 54.1 Å². The first-order valence-corrected chi connectivity index (χ1v) is 10.8. The Morgan fingerprint density at radius 3 is 2.59 bits per heavy atom. The maximum atomic E-state index is 13.3. The van der Waals surface area contributed by atoms with Crippen LogP contribution in [-0.2, 0) is 11.8 Å². The summed E-state index contributed by atoms with van der Waals surface area (Å²) in [5, 5.41) is 4.53. The van der Waals surface area contributed by atoms with Gasteiger partial charge in [0.1, 0.15) is 6.54 Å². The highest BCUT2D eigenvalue weighted by Crippen LogP contribution is 2.41. The molecule has 5 nitrogen and oxygen atoms in total. The molecule has 0 saturated heterocycles. The van der Waals surface area contributed by atoms with Crippen molar-refractivity contribution in [3.05, 3.63) is 100 Å². The molecule has 1 atom stereocenters. The van der Waals surface area contributed by atoms with Gasteiger partial charge < -0.3 is 14.8 Å². The van der Waals surface area contributed by atoms with Gasteiger partial charge in [-0.3, -0.25) is 9.59 Å². The number of aromatic nitrogens is 1. The number of fused-ring (bicyclic) bond motifs is 2. The number of halogens is 1. The van der Waals surface area contributed by atoms with Crippen LogP contribution in [0.1, 0.15) is 33.1 Å². The number of nitrogens with zero attached hydrogens (tertiary/aromatic N) is 2. The lowest BCUT2D eigenvalue weighted by Gasteiger charge is -2.25. The summed E-state index contributed by atoms with van der Waals surface area (Å²) >= 11 is 6.19. The SMILES string of the molecule is Cc1ccc(NC(=O)CN2C(=O)c3ccccc3C2c2cn(C)c3ccccc23)cc1Cl. The number of amides is 2. The maximum absolute atomic E-state index is 13.3. The minimum atomic E-state index is -0.336. The molecular formula is C26H22ClN3O2. The Bertz CT molecular complexity index is 1370. The van der Waals surface area contributed by atoms with Crippen LogP contribution in [0, 0.1) is 6.92 Å². The van der Waals surface area contributed by atoms with Gasteiger partial charge >= 0.3 is 0 Å². The molecule has 1 aromatic heterocycles. The molecule has 2 heterocycles. The van der Waals surface area contributed by atoms with Crippen LogP contribution in [0.5, 0.6) is 0 Å². The van der Waals surface area contributed by atoms with Crippen LogP contribution in [0.3, 0.4) is 0 Å². The molecule has 0 aliphatic carbocycles. The summed E-state index contributed by atoms with van der Waals surface area (Å²) in [6.07, 6.45) is 2.05. The van der Waals surface area contributed by atoms with E-state index in [0.29, 0.717) is 16.3 Å². The number of nitrogens with one attached hydrogen (secondary N) is 1. The van der Waals surface area contributed by atoms with Crippen LogP contribution >= 0.6 is 11.6 Å². The van der Waals surface area contributed by atoms with Crippen LogP contribution in [0.15, 0.2) is 72.9 Å². The molecule has 0 saturated carbocycles. The quantitative estimate of drug-likeness (QED) is 0.464. The predicted octanol–water partition coefficient (Wildman–Crippen LogP) is 5.32. The average molecular weight is 444 g/mol. The van der Waals surface area contributed by atoms with Crippen molar-refractivity contribution >= 4 is 40.0 Å². The largest absolute Gasteiger partial charge is 0.350 e. The molecule has 5 rings (SSSR count). The summed E-state index contributed by atoms with van der Waals surface area (Å²) in [5.41, 5.74) is 5.18. The first-order chi connectivity index (χ1) is 15.4. The third-order valence-corrected chi connectivity index (χ3v) is 6.46. The Kier molecular flexibility index (Phi) is 4.98. The van der Waals surface area contributed by atoms with Crippen LogP contribution in [-0.4, -0.2) is 27.8 Å². The van der Waals surface area contributed by atoms with Gasteiger partial charge in [0.05, 0.1) is 6.04 Å². The Morgan fingerprint density at radius 1 is 1.03 bits per heavy atom. The van der Waals surface area contributed by atoms with Crippen molar-refractivity contribution < 1.29 is 9.59 Å². The number of aryl methyl sites for hydroxylation is 2. The van der Waals surface area contributed by atoms with E-state index in [1.165, 1.54) is 0 Å². The van der Waals surface area contributed by atoms with Gasteiger partial charge in [0, 0.05) is 46.0 Å². The smallest absolute Gasteiger partial charge is 0.255 e. The lowest BCUT2D eigenvalue weighted by molar-refractivity contribution is -0.117. The highest BCUT2D eigenvalue weighted by Gasteiger charge is 2.39. The molecule has 1 aliphatic heterocycles. The molecular weight excluding hydrogens is 422 g/mol. The molecule has 0 bridgehead atoms. The number of benzene rings is 3. The topological polar surface area (TPSA) is 54.3 Å². The van der Waals surface area contributed by atoms with Crippen molar-refractivity contribution in [3.63, 3.8) is 0 Å². The average Bonchev–Trinajstić information content (AvgIpc) is 3.25. The standard InChI is InChI=1S/C26H22ClN3O2/c1-16-11-12-17(13-22(16)27)28-24(31)15-30-25(19-8-3-4-9-20(19)26(30)32)21-14-29(2)23-10-6-5-7-18(21)23/h3-14,25H,15H2,1-2H3,(H,28,31). The van der Waals surface area contributed by atoms with E-state index in [9.17, 15) is 9.59 Å². The van der Waals surface area contributed by atoms with E-state index in [1.54, 1.807) is 11.0 Å². The van der Waals surface area contributed by atoms with Gasteiger partial charge in [0.15, 0.2) is 0 Å². The first kappa shape index (κ1) is 20.3. The monoisotopic (exact) mass is 443 g/mol. The molecule has 1 aliphatic rings. The molecule has 4 aromatic rings. The third kappa shape index (κ3) is 3.35. The molecule has 1 unspecified atom stereocenters. The van der Waals surface area contributed by atoms with Crippen molar-refractivity contribution in [1.82, 2.24) is 9.47 Å². The van der Waals surface area contributed by atoms with Gasteiger partial charge in [0.25, 0.3) is 5.91 Å². The zero-order chi connectivity index (χ0) is 22.4.